The summed E-state index contributed by atoms with van der Waals surface area (Å²) < 4.78 is 14.0. The van der Waals surface area contributed by atoms with Crippen LogP contribution in [0.3, 0.4) is 0 Å². The number of amides is 1. The molecule has 0 aromatic heterocycles. The number of aryl methyl sites for hydroxylation is 1. The van der Waals surface area contributed by atoms with Crippen LogP contribution in [-0.4, -0.2) is 37.5 Å². The van der Waals surface area contributed by atoms with E-state index in [0.29, 0.717) is 18.0 Å². The summed E-state index contributed by atoms with van der Waals surface area (Å²) in [7, 11) is 4.03. The van der Waals surface area contributed by atoms with Gasteiger partial charge in [-0.1, -0.05) is 38.8 Å². The Labute approximate surface area is 127 Å². The minimum absolute atomic E-state index is 0.122. The lowest BCUT2D eigenvalue weighted by Crippen LogP contribution is -2.44. The fraction of sp³-hybridized carbons (Fsp3) is 0.588. The van der Waals surface area contributed by atoms with Gasteiger partial charge in [-0.15, -0.1) is 0 Å². The van der Waals surface area contributed by atoms with Crippen LogP contribution in [0.4, 0.5) is 4.39 Å². The zero-order valence-corrected chi connectivity index (χ0v) is 13.7. The van der Waals surface area contributed by atoms with E-state index >= 15 is 0 Å². The molecule has 1 N–H and O–H groups in total. The smallest absolute Gasteiger partial charge is 0.254 e. The second-order valence-corrected chi connectivity index (χ2v) is 5.75. The third kappa shape index (κ3) is 4.53. The lowest BCUT2D eigenvalue weighted by Gasteiger charge is -2.31. The zero-order valence-electron chi connectivity index (χ0n) is 13.7. The highest BCUT2D eigenvalue weighted by Gasteiger charge is 2.22. The third-order valence-corrected chi connectivity index (χ3v) is 4.16. The average molecular weight is 294 g/mol. The van der Waals surface area contributed by atoms with Crippen LogP contribution in [0.5, 0.6) is 0 Å². The third-order valence-electron chi connectivity index (χ3n) is 4.16. The fourth-order valence-corrected chi connectivity index (χ4v) is 2.72. The maximum Gasteiger partial charge on any atom is 0.254 e. The lowest BCUT2D eigenvalue weighted by molar-refractivity contribution is 0.0924. The van der Waals surface area contributed by atoms with Gasteiger partial charge in [0.2, 0.25) is 0 Å². The molecule has 1 aromatic carbocycles. The number of benzene rings is 1. The van der Waals surface area contributed by atoms with E-state index in [1.54, 1.807) is 19.1 Å². The number of nitrogens with zero attached hydrogens (tertiary/aromatic N) is 1. The van der Waals surface area contributed by atoms with E-state index in [-0.39, 0.29) is 17.5 Å². The van der Waals surface area contributed by atoms with Crippen molar-refractivity contribution < 1.29 is 9.18 Å². The molecule has 0 radical (unpaired) electrons. The van der Waals surface area contributed by atoms with E-state index in [1.165, 1.54) is 6.07 Å². The van der Waals surface area contributed by atoms with E-state index in [1.807, 2.05) is 14.1 Å². The van der Waals surface area contributed by atoms with Gasteiger partial charge in [-0.2, -0.15) is 0 Å². The van der Waals surface area contributed by atoms with E-state index in [9.17, 15) is 9.18 Å². The van der Waals surface area contributed by atoms with Crippen LogP contribution < -0.4 is 5.32 Å². The van der Waals surface area contributed by atoms with Gasteiger partial charge >= 0.3 is 0 Å². The second kappa shape index (κ2) is 8.13. The molecule has 0 saturated carbocycles. The summed E-state index contributed by atoms with van der Waals surface area (Å²) in [6, 6.07) is 5.16. The van der Waals surface area contributed by atoms with Gasteiger partial charge in [0.1, 0.15) is 5.82 Å². The Morgan fingerprint density at radius 3 is 2.43 bits per heavy atom. The highest BCUT2D eigenvalue weighted by molar-refractivity contribution is 5.94. The Balaban J connectivity index is 2.76. The van der Waals surface area contributed by atoms with Crippen LogP contribution in [0.2, 0.25) is 0 Å². The van der Waals surface area contributed by atoms with Gasteiger partial charge < -0.3 is 10.2 Å². The van der Waals surface area contributed by atoms with Crippen molar-refractivity contribution in [2.24, 2.45) is 5.92 Å². The maximum atomic E-state index is 14.0. The molecule has 0 saturated heterocycles. The van der Waals surface area contributed by atoms with E-state index in [2.05, 4.69) is 24.1 Å². The minimum atomic E-state index is -0.432. The van der Waals surface area contributed by atoms with Crippen molar-refractivity contribution in [3.63, 3.8) is 0 Å². The van der Waals surface area contributed by atoms with Crippen LogP contribution in [0.25, 0.3) is 0 Å². The number of hydrogen-bond acceptors (Lipinski definition) is 2. The summed E-state index contributed by atoms with van der Waals surface area (Å²) in [5.74, 6) is -0.254. The molecule has 1 atom stereocenters. The van der Waals surface area contributed by atoms with Crippen molar-refractivity contribution in [2.75, 3.05) is 20.6 Å². The Bertz CT molecular complexity index is 470. The molecule has 1 amide bonds. The standard InChI is InChI=1S/C17H27FN2O/c1-6-13(7-2)15(20(4)5)11-19-17(21)14-10-8-9-12(3)16(14)18/h8-10,13,15H,6-7,11H2,1-5H3,(H,19,21). The average Bonchev–Trinajstić information content (AvgIpc) is 2.45. The highest BCUT2D eigenvalue weighted by Crippen LogP contribution is 2.17. The highest BCUT2D eigenvalue weighted by atomic mass is 19.1. The molecule has 0 heterocycles. The number of hydrogen-bond donors (Lipinski definition) is 1. The van der Waals surface area contributed by atoms with Gasteiger partial charge in [0, 0.05) is 12.6 Å². The zero-order chi connectivity index (χ0) is 16.0. The van der Waals surface area contributed by atoms with Crippen LogP contribution in [-0.2, 0) is 0 Å². The summed E-state index contributed by atoms with van der Waals surface area (Å²) in [5.41, 5.74) is 0.615. The Morgan fingerprint density at radius 2 is 1.90 bits per heavy atom. The number of likely N-dealkylation sites (N-methyl/N-ethyl adjacent to an activating group) is 1. The lowest BCUT2D eigenvalue weighted by atomic mass is 9.93. The number of carbonyl (C=O) groups is 1. The van der Waals surface area contributed by atoms with Crippen molar-refractivity contribution in [3.8, 4) is 0 Å². The quantitative estimate of drug-likeness (QED) is 0.837. The molecule has 4 heteroatoms. The molecule has 1 rings (SSSR count). The first-order valence-electron chi connectivity index (χ1n) is 7.62. The van der Waals surface area contributed by atoms with Gasteiger partial charge in [-0.25, -0.2) is 4.39 Å². The largest absolute Gasteiger partial charge is 0.350 e. The van der Waals surface area contributed by atoms with Crippen molar-refractivity contribution in [1.29, 1.82) is 0 Å². The van der Waals surface area contributed by atoms with Gasteiger partial charge in [0.15, 0.2) is 0 Å². The van der Waals surface area contributed by atoms with Gasteiger partial charge in [-0.05, 0) is 38.6 Å². The van der Waals surface area contributed by atoms with Gasteiger partial charge in [0.05, 0.1) is 5.56 Å². The number of nitrogens with one attached hydrogen (secondary N) is 1. The Morgan fingerprint density at radius 1 is 1.29 bits per heavy atom. The van der Waals surface area contributed by atoms with E-state index in [4.69, 9.17) is 0 Å². The number of halogens is 1. The maximum absolute atomic E-state index is 14.0. The van der Waals surface area contributed by atoms with Crippen molar-refractivity contribution in [3.05, 3.63) is 35.1 Å². The first-order chi connectivity index (χ1) is 9.92. The summed E-state index contributed by atoms with van der Waals surface area (Å²) in [5, 5.41) is 2.88. The predicted octanol–water partition coefficient (Wildman–Crippen LogP) is 3.23. The summed E-state index contributed by atoms with van der Waals surface area (Å²) in [6.45, 7) is 6.52. The summed E-state index contributed by atoms with van der Waals surface area (Å²) in [6.07, 6.45) is 2.13. The topological polar surface area (TPSA) is 32.3 Å². The molecule has 1 aromatic rings. The molecular weight excluding hydrogens is 267 g/mol. The molecule has 118 valence electrons. The van der Waals surface area contributed by atoms with Crippen LogP contribution >= 0.6 is 0 Å². The van der Waals surface area contributed by atoms with Crippen LogP contribution in [0, 0.1) is 18.7 Å². The monoisotopic (exact) mass is 294 g/mol. The second-order valence-electron chi connectivity index (χ2n) is 5.75. The predicted molar refractivity (Wildman–Crippen MR) is 85.0 cm³/mol. The SMILES string of the molecule is CCC(CC)C(CNC(=O)c1cccc(C)c1F)N(C)C. The van der Waals surface area contributed by atoms with Crippen molar-refractivity contribution in [2.45, 2.75) is 39.7 Å². The molecule has 0 aliphatic rings. The van der Waals surface area contributed by atoms with Gasteiger partial charge in [0.25, 0.3) is 5.91 Å². The molecule has 0 aliphatic carbocycles. The molecule has 0 aliphatic heterocycles. The first-order valence-corrected chi connectivity index (χ1v) is 7.62. The Hall–Kier alpha value is -1.42. The van der Waals surface area contributed by atoms with Crippen molar-refractivity contribution in [1.82, 2.24) is 10.2 Å². The molecule has 0 bridgehead atoms. The molecule has 3 nitrogen and oxygen atoms in total. The van der Waals surface area contributed by atoms with E-state index < -0.39 is 5.82 Å². The molecular formula is C17H27FN2O. The number of rotatable bonds is 7. The van der Waals surface area contributed by atoms with Gasteiger partial charge in [-0.3, -0.25) is 4.79 Å². The summed E-state index contributed by atoms with van der Waals surface area (Å²) in [4.78, 5) is 14.3. The molecule has 0 fully saturated rings. The first kappa shape index (κ1) is 17.6. The fourth-order valence-electron chi connectivity index (χ4n) is 2.72. The van der Waals surface area contributed by atoms with Crippen molar-refractivity contribution >= 4 is 5.91 Å². The molecule has 0 spiro atoms. The summed E-state index contributed by atoms with van der Waals surface area (Å²) >= 11 is 0. The normalized spacial score (nSPS) is 12.8. The van der Waals surface area contributed by atoms with Crippen LogP contribution in [0.1, 0.15) is 42.6 Å². The van der Waals surface area contributed by atoms with E-state index in [0.717, 1.165) is 12.8 Å². The minimum Gasteiger partial charge on any atom is -0.350 e. The number of carbonyl (C=O) groups excluding carboxylic acids is 1. The molecule has 1 unspecified atom stereocenters. The Kier molecular flexibility index (Phi) is 6.82. The van der Waals surface area contributed by atoms with Crippen LogP contribution in [0.15, 0.2) is 18.2 Å². The molecule has 21 heavy (non-hydrogen) atoms.